The predicted molar refractivity (Wildman–Crippen MR) is 121 cm³/mol. The number of amidine groups is 1. The fraction of sp³-hybridized carbons (Fsp3) is 0.120. The summed E-state index contributed by atoms with van der Waals surface area (Å²) in [6.45, 7) is 0. The van der Waals surface area contributed by atoms with Crippen LogP contribution in [0.3, 0.4) is 0 Å². The average molecular weight is 414 g/mol. The Morgan fingerprint density at radius 1 is 0.774 bits per heavy atom. The van der Waals surface area contributed by atoms with Crippen molar-refractivity contribution < 1.29 is 19.0 Å². The summed E-state index contributed by atoms with van der Waals surface area (Å²) in [7, 11) is 4.76. The van der Waals surface area contributed by atoms with Gasteiger partial charge in [0.2, 0.25) is 0 Å². The first kappa shape index (κ1) is 20.2. The first-order valence-electron chi connectivity index (χ1n) is 9.71. The van der Waals surface area contributed by atoms with Crippen LogP contribution in [0.5, 0.6) is 17.2 Å². The Morgan fingerprint density at radius 2 is 1.45 bits per heavy atom. The van der Waals surface area contributed by atoms with Gasteiger partial charge in [0.1, 0.15) is 11.4 Å². The van der Waals surface area contributed by atoms with Crippen molar-refractivity contribution in [2.45, 2.75) is 0 Å². The molecule has 0 aromatic heterocycles. The van der Waals surface area contributed by atoms with E-state index >= 15 is 0 Å². The van der Waals surface area contributed by atoms with E-state index in [2.05, 4.69) is 0 Å². The summed E-state index contributed by atoms with van der Waals surface area (Å²) < 4.78 is 16.2. The van der Waals surface area contributed by atoms with Gasteiger partial charge in [0.25, 0.3) is 5.91 Å². The summed E-state index contributed by atoms with van der Waals surface area (Å²) >= 11 is 0. The van der Waals surface area contributed by atoms with E-state index in [4.69, 9.17) is 19.2 Å². The Labute approximate surface area is 181 Å². The van der Waals surface area contributed by atoms with Gasteiger partial charge in [-0.3, -0.25) is 9.69 Å². The van der Waals surface area contributed by atoms with Gasteiger partial charge in [0, 0.05) is 0 Å². The number of amides is 1. The number of rotatable bonds is 6. The quantitative estimate of drug-likeness (QED) is 0.556. The van der Waals surface area contributed by atoms with Crippen LogP contribution < -0.4 is 19.1 Å². The van der Waals surface area contributed by atoms with Crippen LogP contribution in [0, 0.1) is 0 Å². The van der Waals surface area contributed by atoms with E-state index in [0.29, 0.717) is 28.8 Å². The third kappa shape index (κ3) is 3.88. The highest BCUT2D eigenvalue weighted by molar-refractivity contribution is 6.33. The maximum atomic E-state index is 13.4. The first-order chi connectivity index (χ1) is 15.2. The molecule has 1 aliphatic rings. The fourth-order valence-electron chi connectivity index (χ4n) is 3.44. The highest BCUT2D eigenvalue weighted by atomic mass is 16.5. The number of hydrogen-bond donors (Lipinski definition) is 0. The maximum Gasteiger partial charge on any atom is 0.282 e. The van der Waals surface area contributed by atoms with E-state index in [1.807, 2.05) is 66.7 Å². The number of carbonyl (C=O) groups excluding carboxylic acids is 1. The lowest BCUT2D eigenvalue weighted by molar-refractivity contribution is -0.113. The molecule has 0 fully saturated rings. The van der Waals surface area contributed by atoms with Crippen molar-refractivity contribution in [3.63, 3.8) is 0 Å². The molecule has 0 saturated carbocycles. The summed E-state index contributed by atoms with van der Waals surface area (Å²) in [5.41, 5.74) is 2.56. The number of hydrogen-bond acceptors (Lipinski definition) is 5. The van der Waals surface area contributed by atoms with Crippen LogP contribution in [0.15, 0.2) is 83.5 Å². The number of aliphatic imine (C=N–C) groups is 1. The van der Waals surface area contributed by atoms with Crippen molar-refractivity contribution in [1.82, 2.24) is 0 Å². The molecule has 0 bridgehead atoms. The molecule has 0 saturated heterocycles. The fourth-order valence-corrected chi connectivity index (χ4v) is 3.44. The molecule has 156 valence electrons. The summed E-state index contributed by atoms with van der Waals surface area (Å²) in [6, 6.07) is 22.4. The SMILES string of the molecule is COc1ccc(/C=C2/N=C(c3ccccc3OC)N(c3ccccc3)C2=O)cc1OC. The zero-order valence-corrected chi connectivity index (χ0v) is 17.5. The number of benzene rings is 3. The third-order valence-electron chi connectivity index (χ3n) is 4.93. The van der Waals surface area contributed by atoms with E-state index in [9.17, 15) is 4.79 Å². The zero-order chi connectivity index (χ0) is 21.8. The van der Waals surface area contributed by atoms with Crippen molar-refractivity contribution in [2.75, 3.05) is 26.2 Å². The highest BCUT2D eigenvalue weighted by Crippen LogP contribution is 2.33. The minimum Gasteiger partial charge on any atom is -0.496 e. The molecule has 6 nitrogen and oxygen atoms in total. The van der Waals surface area contributed by atoms with Gasteiger partial charge in [-0.15, -0.1) is 0 Å². The molecule has 0 spiro atoms. The molecular formula is C25H22N2O4. The van der Waals surface area contributed by atoms with Crippen molar-refractivity contribution in [3.8, 4) is 17.2 Å². The molecule has 0 atom stereocenters. The Bertz CT molecular complexity index is 1170. The first-order valence-corrected chi connectivity index (χ1v) is 9.71. The van der Waals surface area contributed by atoms with Crippen molar-refractivity contribution >= 4 is 23.5 Å². The number of ether oxygens (including phenoxy) is 3. The highest BCUT2D eigenvalue weighted by Gasteiger charge is 2.33. The summed E-state index contributed by atoms with van der Waals surface area (Å²) in [5.74, 6) is 2.13. The molecule has 1 heterocycles. The lowest BCUT2D eigenvalue weighted by Crippen LogP contribution is -2.32. The number of methoxy groups -OCH3 is 3. The van der Waals surface area contributed by atoms with E-state index in [1.54, 1.807) is 38.4 Å². The van der Waals surface area contributed by atoms with E-state index < -0.39 is 0 Å². The van der Waals surface area contributed by atoms with Gasteiger partial charge in [-0.1, -0.05) is 36.4 Å². The normalized spacial score (nSPS) is 14.5. The van der Waals surface area contributed by atoms with Gasteiger partial charge in [-0.2, -0.15) is 0 Å². The van der Waals surface area contributed by atoms with Crippen molar-refractivity contribution in [2.24, 2.45) is 4.99 Å². The summed E-state index contributed by atoms with van der Waals surface area (Å²) in [4.78, 5) is 19.7. The Kier molecular flexibility index (Phi) is 5.71. The average Bonchev–Trinajstić information content (AvgIpc) is 3.15. The molecule has 4 rings (SSSR count). The maximum absolute atomic E-state index is 13.4. The number of anilines is 1. The van der Waals surface area contributed by atoms with Crippen molar-refractivity contribution in [3.05, 3.63) is 89.6 Å². The van der Waals surface area contributed by atoms with Crippen molar-refractivity contribution in [1.29, 1.82) is 0 Å². The Hall–Kier alpha value is -4.06. The van der Waals surface area contributed by atoms with Crippen LogP contribution in [-0.2, 0) is 4.79 Å². The van der Waals surface area contributed by atoms with Gasteiger partial charge in [0.15, 0.2) is 17.3 Å². The van der Waals surface area contributed by atoms with E-state index in [1.165, 1.54) is 0 Å². The van der Waals surface area contributed by atoms with Crippen LogP contribution in [-0.4, -0.2) is 33.1 Å². The van der Waals surface area contributed by atoms with Crippen LogP contribution in [0.2, 0.25) is 0 Å². The van der Waals surface area contributed by atoms with Crippen LogP contribution in [0.1, 0.15) is 11.1 Å². The molecule has 0 radical (unpaired) electrons. The van der Waals surface area contributed by atoms with Crippen LogP contribution in [0.25, 0.3) is 6.08 Å². The second kappa shape index (κ2) is 8.75. The minimum absolute atomic E-state index is 0.220. The molecule has 3 aromatic rings. The van der Waals surface area contributed by atoms with Gasteiger partial charge in [-0.05, 0) is 48.0 Å². The van der Waals surface area contributed by atoms with Crippen LogP contribution >= 0.6 is 0 Å². The largest absolute Gasteiger partial charge is 0.496 e. The monoisotopic (exact) mass is 414 g/mol. The zero-order valence-electron chi connectivity index (χ0n) is 17.5. The molecule has 0 unspecified atom stereocenters. The smallest absolute Gasteiger partial charge is 0.282 e. The molecule has 6 heteroatoms. The molecular weight excluding hydrogens is 392 g/mol. The molecule has 1 aliphatic heterocycles. The number of para-hydroxylation sites is 2. The minimum atomic E-state index is -0.220. The van der Waals surface area contributed by atoms with Crippen LogP contribution in [0.4, 0.5) is 5.69 Å². The molecule has 1 amide bonds. The van der Waals surface area contributed by atoms with Gasteiger partial charge in [0.05, 0.1) is 32.6 Å². The third-order valence-corrected chi connectivity index (χ3v) is 4.93. The number of nitrogens with zero attached hydrogens (tertiary/aromatic N) is 2. The molecule has 3 aromatic carbocycles. The Morgan fingerprint density at radius 3 is 2.16 bits per heavy atom. The second-order valence-electron chi connectivity index (χ2n) is 6.76. The van der Waals surface area contributed by atoms with Gasteiger partial charge < -0.3 is 14.2 Å². The molecule has 0 N–H and O–H groups in total. The summed E-state index contributed by atoms with van der Waals surface area (Å²) in [5, 5.41) is 0. The Balaban J connectivity index is 1.84. The molecule has 31 heavy (non-hydrogen) atoms. The number of carbonyl (C=O) groups is 1. The van der Waals surface area contributed by atoms with E-state index in [0.717, 1.165) is 16.8 Å². The summed E-state index contributed by atoms with van der Waals surface area (Å²) in [6.07, 6.45) is 1.74. The topological polar surface area (TPSA) is 60.4 Å². The van der Waals surface area contributed by atoms with Gasteiger partial charge >= 0.3 is 0 Å². The second-order valence-corrected chi connectivity index (χ2v) is 6.76. The lowest BCUT2D eigenvalue weighted by atomic mass is 10.1. The molecule has 0 aliphatic carbocycles. The lowest BCUT2D eigenvalue weighted by Gasteiger charge is -2.19. The van der Waals surface area contributed by atoms with E-state index in [-0.39, 0.29) is 5.91 Å². The van der Waals surface area contributed by atoms with Gasteiger partial charge in [-0.25, -0.2) is 4.99 Å². The standard InChI is InChI=1S/C25H22N2O4/c1-29-21-12-8-7-11-19(21)24-26-20(25(28)27(24)18-9-5-4-6-10-18)15-17-13-14-22(30-2)23(16-17)31-3/h4-16H,1-3H3/b20-15+. The predicted octanol–water partition coefficient (Wildman–Crippen LogP) is 4.55.